The molecule has 1 aliphatic carbocycles. The minimum absolute atomic E-state index is 0.260. The van der Waals surface area contributed by atoms with Crippen molar-refractivity contribution < 1.29 is 4.74 Å². The molecule has 1 saturated carbocycles. The van der Waals surface area contributed by atoms with Crippen molar-refractivity contribution >= 4 is 34.9 Å². The molecule has 2 aliphatic heterocycles. The Balaban J connectivity index is 1.82. The highest BCUT2D eigenvalue weighted by atomic mass is 35.5. The lowest BCUT2D eigenvalue weighted by Gasteiger charge is -2.47. The van der Waals surface area contributed by atoms with Crippen molar-refractivity contribution in [3.63, 3.8) is 0 Å². The highest BCUT2D eigenvalue weighted by Gasteiger charge is 2.44. The number of hydrogen-bond donors (Lipinski definition) is 2. The standard InChI is InChI=1S/C18H25ClN6O/c19-13-5-4-6-14(15(13)24-9-11-26-12-10-24)25-17(21)22-16(20)23-18(25)7-2-1-3-8-18/h4-6H,1-3,7-12H2,(H4,20,21,22,23). The quantitative estimate of drug-likeness (QED) is 0.826. The normalized spacial score (nSPS) is 23.0. The third kappa shape index (κ3) is 2.99. The second-order valence-corrected chi connectivity index (χ2v) is 7.43. The lowest BCUT2D eigenvalue weighted by molar-refractivity contribution is 0.122. The van der Waals surface area contributed by atoms with Crippen LogP contribution in [0.1, 0.15) is 32.1 Å². The van der Waals surface area contributed by atoms with E-state index in [1.165, 1.54) is 6.42 Å². The van der Waals surface area contributed by atoms with E-state index in [4.69, 9.17) is 32.8 Å². The van der Waals surface area contributed by atoms with Gasteiger partial charge in [0.15, 0.2) is 0 Å². The van der Waals surface area contributed by atoms with Gasteiger partial charge in [0.2, 0.25) is 11.9 Å². The number of para-hydroxylation sites is 1. The summed E-state index contributed by atoms with van der Waals surface area (Å²) in [6, 6.07) is 5.91. The number of nitrogens with zero attached hydrogens (tertiary/aromatic N) is 4. The van der Waals surface area contributed by atoms with Crippen molar-refractivity contribution in [2.75, 3.05) is 36.1 Å². The molecular weight excluding hydrogens is 352 g/mol. The summed E-state index contributed by atoms with van der Waals surface area (Å²) in [6.07, 6.45) is 5.19. The molecule has 26 heavy (non-hydrogen) atoms. The van der Waals surface area contributed by atoms with Crippen LogP contribution in [-0.4, -0.2) is 43.9 Å². The van der Waals surface area contributed by atoms with E-state index in [1.807, 2.05) is 18.2 Å². The summed E-state index contributed by atoms with van der Waals surface area (Å²) in [4.78, 5) is 13.3. The molecule has 2 heterocycles. The van der Waals surface area contributed by atoms with Gasteiger partial charge in [0.05, 0.1) is 29.6 Å². The summed E-state index contributed by atoms with van der Waals surface area (Å²) in [7, 11) is 0. The van der Waals surface area contributed by atoms with Crippen molar-refractivity contribution in [1.29, 1.82) is 0 Å². The molecule has 0 unspecified atom stereocenters. The molecule has 0 amide bonds. The van der Waals surface area contributed by atoms with Crippen LogP contribution in [0.2, 0.25) is 5.02 Å². The number of halogens is 1. The van der Waals surface area contributed by atoms with Crippen LogP contribution in [0.3, 0.4) is 0 Å². The van der Waals surface area contributed by atoms with Crippen molar-refractivity contribution in [3.05, 3.63) is 23.2 Å². The van der Waals surface area contributed by atoms with Gasteiger partial charge in [-0.15, -0.1) is 0 Å². The van der Waals surface area contributed by atoms with Crippen LogP contribution in [-0.2, 0) is 4.74 Å². The molecule has 140 valence electrons. The van der Waals surface area contributed by atoms with E-state index in [0.717, 1.165) is 50.1 Å². The van der Waals surface area contributed by atoms with Crippen LogP contribution < -0.4 is 21.3 Å². The van der Waals surface area contributed by atoms with E-state index in [2.05, 4.69) is 14.8 Å². The van der Waals surface area contributed by atoms with Gasteiger partial charge in [0.25, 0.3) is 0 Å². The molecule has 1 saturated heterocycles. The molecule has 1 aromatic carbocycles. The monoisotopic (exact) mass is 376 g/mol. The third-order valence-corrected chi connectivity index (χ3v) is 5.69. The first-order valence-electron chi connectivity index (χ1n) is 9.22. The zero-order valence-corrected chi connectivity index (χ0v) is 15.6. The van der Waals surface area contributed by atoms with Gasteiger partial charge in [-0.25, -0.2) is 4.99 Å². The highest BCUT2D eigenvalue weighted by Crippen LogP contribution is 2.45. The zero-order valence-electron chi connectivity index (χ0n) is 14.8. The first-order chi connectivity index (χ1) is 12.6. The second kappa shape index (κ2) is 6.96. The van der Waals surface area contributed by atoms with E-state index in [-0.39, 0.29) is 5.96 Å². The van der Waals surface area contributed by atoms with Gasteiger partial charge in [0.1, 0.15) is 5.66 Å². The minimum Gasteiger partial charge on any atom is -0.378 e. The zero-order chi connectivity index (χ0) is 18.1. The SMILES string of the molecule is NC1=NC2(CCCCC2)N(c2cccc(Cl)c2N2CCOCC2)C(N)=N1. The van der Waals surface area contributed by atoms with E-state index in [0.29, 0.717) is 24.2 Å². The lowest BCUT2D eigenvalue weighted by atomic mass is 9.87. The Morgan fingerprint density at radius 2 is 1.81 bits per heavy atom. The topological polar surface area (TPSA) is 92.5 Å². The van der Waals surface area contributed by atoms with Crippen molar-refractivity contribution in [2.45, 2.75) is 37.8 Å². The van der Waals surface area contributed by atoms with Crippen LogP contribution in [0, 0.1) is 0 Å². The summed E-state index contributed by atoms with van der Waals surface area (Å²) in [5, 5.41) is 0.700. The van der Waals surface area contributed by atoms with Crippen molar-refractivity contribution in [1.82, 2.24) is 0 Å². The first kappa shape index (κ1) is 17.4. The van der Waals surface area contributed by atoms with Gasteiger partial charge < -0.3 is 21.1 Å². The number of hydrogen-bond acceptors (Lipinski definition) is 7. The molecular formula is C18H25ClN6O. The minimum atomic E-state index is -0.472. The summed E-state index contributed by atoms with van der Waals surface area (Å²) in [5.74, 6) is 0.645. The Hall–Kier alpha value is -1.99. The van der Waals surface area contributed by atoms with Crippen molar-refractivity contribution in [2.24, 2.45) is 21.5 Å². The number of nitrogens with two attached hydrogens (primary N) is 2. The highest BCUT2D eigenvalue weighted by molar-refractivity contribution is 6.34. The molecule has 0 atom stereocenters. The Labute approximate surface area is 158 Å². The van der Waals surface area contributed by atoms with Gasteiger partial charge in [-0.2, -0.15) is 4.99 Å². The molecule has 1 aromatic rings. The number of benzene rings is 1. The van der Waals surface area contributed by atoms with Gasteiger partial charge in [0, 0.05) is 13.1 Å². The molecule has 1 spiro atoms. The number of rotatable bonds is 2. The maximum atomic E-state index is 6.64. The lowest BCUT2D eigenvalue weighted by Crippen LogP contribution is -2.58. The largest absolute Gasteiger partial charge is 0.378 e. The number of aliphatic imine (C=N–C) groups is 2. The Bertz CT molecular complexity index is 737. The average molecular weight is 377 g/mol. The van der Waals surface area contributed by atoms with Crippen molar-refractivity contribution in [3.8, 4) is 0 Å². The first-order valence-corrected chi connectivity index (χ1v) is 9.59. The summed E-state index contributed by atoms with van der Waals surface area (Å²) < 4.78 is 5.51. The summed E-state index contributed by atoms with van der Waals surface area (Å²) in [5.41, 5.74) is 13.8. The fourth-order valence-electron chi connectivity index (χ4n) is 4.25. The predicted octanol–water partition coefficient (Wildman–Crippen LogP) is 2.29. The molecule has 8 heteroatoms. The van der Waals surface area contributed by atoms with Gasteiger partial charge in [-0.05, 0) is 37.8 Å². The fourth-order valence-corrected chi connectivity index (χ4v) is 4.54. The third-order valence-electron chi connectivity index (χ3n) is 5.39. The molecule has 7 nitrogen and oxygen atoms in total. The van der Waals surface area contributed by atoms with E-state index < -0.39 is 5.66 Å². The van der Waals surface area contributed by atoms with Gasteiger partial charge in [-0.1, -0.05) is 24.1 Å². The van der Waals surface area contributed by atoms with Crippen LogP contribution in [0.25, 0.3) is 0 Å². The van der Waals surface area contributed by atoms with E-state index in [9.17, 15) is 0 Å². The average Bonchev–Trinajstić information content (AvgIpc) is 2.62. The van der Waals surface area contributed by atoms with Crippen LogP contribution in [0.15, 0.2) is 28.2 Å². The number of morpholine rings is 1. The number of anilines is 2. The molecule has 0 radical (unpaired) electrons. The molecule has 3 aliphatic rings. The smallest absolute Gasteiger partial charge is 0.220 e. The van der Waals surface area contributed by atoms with Gasteiger partial charge >= 0.3 is 0 Å². The van der Waals surface area contributed by atoms with Crippen LogP contribution >= 0.6 is 11.6 Å². The maximum absolute atomic E-state index is 6.64. The maximum Gasteiger partial charge on any atom is 0.220 e. The Morgan fingerprint density at radius 3 is 2.54 bits per heavy atom. The van der Waals surface area contributed by atoms with E-state index >= 15 is 0 Å². The molecule has 0 bridgehead atoms. The second-order valence-electron chi connectivity index (χ2n) is 7.03. The Morgan fingerprint density at radius 1 is 1.08 bits per heavy atom. The molecule has 4 N–H and O–H groups in total. The molecule has 0 aromatic heterocycles. The number of guanidine groups is 2. The predicted molar refractivity (Wildman–Crippen MR) is 106 cm³/mol. The summed E-state index contributed by atoms with van der Waals surface area (Å²) >= 11 is 6.64. The van der Waals surface area contributed by atoms with Crippen LogP contribution in [0.5, 0.6) is 0 Å². The molecule has 4 rings (SSSR count). The fraction of sp³-hybridized carbons (Fsp3) is 0.556. The molecule has 2 fully saturated rings. The van der Waals surface area contributed by atoms with Gasteiger partial charge in [-0.3, -0.25) is 4.90 Å². The number of ether oxygens (including phenoxy) is 1. The summed E-state index contributed by atoms with van der Waals surface area (Å²) in [6.45, 7) is 2.95. The Kier molecular flexibility index (Phi) is 4.67. The van der Waals surface area contributed by atoms with E-state index in [1.54, 1.807) is 0 Å². The van der Waals surface area contributed by atoms with Crippen LogP contribution in [0.4, 0.5) is 11.4 Å².